The van der Waals surface area contributed by atoms with Gasteiger partial charge in [-0.2, -0.15) is 0 Å². The van der Waals surface area contributed by atoms with Gasteiger partial charge in [0.25, 0.3) is 0 Å². The molecular formula is C71H128O6. The summed E-state index contributed by atoms with van der Waals surface area (Å²) in [5.74, 6) is -0.862. The molecule has 0 spiro atoms. The minimum Gasteiger partial charge on any atom is -0.462 e. The minimum absolute atomic E-state index is 0.0738. The lowest BCUT2D eigenvalue weighted by atomic mass is 10.0. The third-order valence-corrected chi connectivity index (χ3v) is 15.0. The molecule has 0 amide bonds. The largest absolute Gasteiger partial charge is 0.462 e. The summed E-state index contributed by atoms with van der Waals surface area (Å²) in [5, 5.41) is 0. The lowest BCUT2D eigenvalue weighted by Crippen LogP contribution is -2.30. The molecule has 0 fully saturated rings. The van der Waals surface area contributed by atoms with Crippen LogP contribution in [0, 0.1) is 0 Å². The first-order valence-corrected chi connectivity index (χ1v) is 33.8. The van der Waals surface area contributed by atoms with Gasteiger partial charge in [0.1, 0.15) is 13.2 Å². The van der Waals surface area contributed by atoms with E-state index in [1.807, 2.05) is 0 Å². The van der Waals surface area contributed by atoms with Crippen LogP contribution in [0.3, 0.4) is 0 Å². The van der Waals surface area contributed by atoms with Crippen molar-refractivity contribution < 1.29 is 28.6 Å². The van der Waals surface area contributed by atoms with E-state index in [2.05, 4.69) is 81.5 Å². The number of hydrogen-bond acceptors (Lipinski definition) is 6. The van der Waals surface area contributed by atoms with E-state index >= 15 is 0 Å². The Hall–Kier alpha value is -2.89. The maximum atomic E-state index is 12.9. The Morgan fingerprint density at radius 3 is 0.818 bits per heavy atom. The number of ether oxygens (including phenoxy) is 3. The van der Waals surface area contributed by atoms with E-state index in [0.29, 0.717) is 19.3 Å². The zero-order valence-corrected chi connectivity index (χ0v) is 51.5. The standard InChI is InChI=1S/C71H128O6/c1-4-7-10-13-16-19-22-25-27-29-31-33-34-35-36-38-39-41-43-46-49-52-55-58-61-64-70(73)76-67-68(66-75-69(72)63-60-57-54-51-48-45-24-21-18-15-12-9-6-3)77-71(74)65-62-59-56-53-50-47-44-42-40-37-32-30-28-26-23-20-17-14-11-8-5-2/h7,10,16,19,21,24-25,27,31,33,68H,4-6,8-9,11-15,17-18,20,22-23,26,28-30,32,34-67H2,1-3H3/b10-7-,19-16-,24-21-,27-25-,33-31-. The topological polar surface area (TPSA) is 78.9 Å². The Bertz CT molecular complexity index is 1380. The second-order valence-electron chi connectivity index (χ2n) is 22.7. The van der Waals surface area contributed by atoms with Gasteiger partial charge in [-0.3, -0.25) is 14.4 Å². The molecule has 0 aliphatic carbocycles. The van der Waals surface area contributed by atoms with Crippen molar-refractivity contribution in [3.05, 3.63) is 60.8 Å². The summed E-state index contributed by atoms with van der Waals surface area (Å²) in [6, 6.07) is 0. The molecule has 77 heavy (non-hydrogen) atoms. The smallest absolute Gasteiger partial charge is 0.306 e. The number of carbonyl (C=O) groups excluding carboxylic acids is 3. The van der Waals surface area contributed by atoms with E-state index < -0.39 is 6.10 Å². The maximum absolute atomic E-state index is 12.9. The van der Waals surface area contributed by atoms with Gasteiger partial charge < -0.3 is 14.2 Å². The molecule has 6 nitrogen and oxygen atoms in total. The lowest BCUT2D eigenvalue weighted by Gasteiger charge is -2.18. The van der Waals surface area contributed by atoms with Crippen LogP contribution >= 0.6 is 0 Å². The SMILES string of the molecule is CC/C=C\C/C=C\C/C=C\C/C=C\CCCCCCCCCCCCCCC(=O)OCC(COC(=O)CCCCCCC/C=C\CCCCCC)OC(=O)CCCCCCCCCCCCCCCCCCCCCCC. The highest BCUT2D eigenvalue weighted by atomic mass is 16.6. The molecule has 448 valence electrons. The summed E-state index contributed by atoms with van der Waals surface area (Å²) in [5.41, 5.74) is 0. The van der Waals surface area contributed by atoms with Gasteiger partial charge in [0.15, 0.2) is 6.10 Å². The molecule has 1 atom stereocenters. The summed E-state index contributed by atoms with van der Waals surface area (Å²) in [6.07, 6.45) is 83.8. The van der Waals surface area contributed by atoms with Crippen LogP contribution < -0.4 is 0 Å². The summed E-state index contributed by atoms with van der Waals surface area (Å²) < 4.78 is 17.0. The Labute approximate surface area is 479 Å². The molecule has 0 aliphatic heterocycles. The molecule has 0 aliphatic rings. The average Bonchev–Trinajstić information content (AvgIpc) is 3.43. The van der Waals surface area contributed by atoms with Crippen molar-refractivity contribution in [2.24, 2.45) is 0 Å². The van der Waals surface area contributed by atoms with E-state index in [1.165, 1.54) is 225 Å². The third-order valence-electron chi connectivity index (χ3n) is 15.0. The lowest BCUT2D eigenvalue weighted by molar-refractivity contribution is -0.167. The van der Waals surface area contributed by atoms with Crippen LogP contribution in [0.1, 0.15) is 355 Å². The van der Waals surface area contributed by atoms with Crippen LogP contribution in [0.25, 0.3) is 0 Å². The molecule has 0 saturated carbocycles. The number of allylic oxidation sites excluding steroid dienone is 10. The van der Waals surface area contributed by atoms with E-state index in [1.54, 1.807) is 0 Å². The number of unbranched alkanes of at least 4 members (excludes halogenated alkanes) is 41. The molecule has 0 aromatic carbocycles. The summed E-state index contributed by atoms with van der Waals surface area (Å²) >= 11 is 0. The van der Waals surface area contributed by atoms with Gasteiger partial charge in [0.05, 0.1) is 0 Å². The number of carbonyl (C=O) groups is 3. The molecule has 0 aromatic rings. The molecule has 0 rings (SSSR count). The van der Waals surface area contributed by atoms with Gasteiger partial charge in [-0.15, -0.1) is 0 Å². The monoisotopic (exact) mass is 1080 g/mol. The average molecular weight is 1080 g/mol. The van der Waals surface area contributed by atoms with Crippen molar-refractivity contribution in [1.82, 2.24) is 0 Å². The molecule has 0 saturated heterocycles. The van der Waals surface area contributed by atoms with Gasteiger partial charge >= 0.3 is 17.9 Å². The number of esters is 3. The molecule has 0 heterocycles. The van der Waals surface area contributed by atoms with Gasteiger partial charge in [-0.1, -0.05) is 313 Å². The van der Waals surface area contributed by atoms with Crippen LogP contribution in [0.5, 0.6) is 0 Å². The van der Waals surface area contributed by atoms with Gasteiger partial charge in [-0.25, -0.2) is 0 Å². The van der Waals surface area contributed by atoms with Crippen molar-refractivity contribution in [1.29, 1.82) is 0 Å². The molecule has 0 bridgehead atoms. The quantitative estimate of drug-likeness (QED) is 0.0261. The summed E-state index contributed by atoms with van der Waals surface area (Å²) in [4.78, 5) is 38.4. The first-order valence-electron chi connectivity index (χ1n) is 33.8. The Balaban J connectivity index is 4.26. The molecule has 6 heteroatoms. The highest BCUT2D eigenvalue weighted by molar-refractivity contribution is 5.71. The highest BCUT2D eigenvalue weighted by Crippen LogP contribution is 2.18. The van der Waals surface area contributed by atoms with Crippen molar-refractivity contribution in [3.8, 4) is 0 Å². The zero-order valence-electron chi connectivity index (χ0n) is 51.5. The van der Waals surface area contributed by atoms with Crippen molar-refractivity contribution in [2.75, 3.05) is 13.2 Å². The molecule has 0 N–H and O–H groups in total. The van der Waals surface area contributed by atoms with Gasteiger partial charge in [0, 0.05) is 19.3 Å². The van der Waals surface area contributed by atoms with E-state index in [0.717, 1.165) is 89.9 Å². The van der Waals surface area contributed by atoms with Crippen molar-refractivity contribution in [2.45, 2.75) is 361 Å². The summed E-state index contributed by atoms with van der Waals surface area (Å²) in [6.45, 7) is 6.56. The Kier molecular flexibility index (Phi) is 63.2. The second kappa shape index (κ2) is 65.6. The maximum Gasteiger partial charge on any atom is 0.306 e. The van der Waals surface area contributed by atoms with E-state index in [4.69, 9.17) is 14.2 Å². The molecular weight excluding hydrogens is 949 g/mol. The second-order valence-corrected chi connectivity index (χ2v) is 22.7. The van der Waals surface area contributed by atoms with Gasteiger partial charge in [-0.05, 0) is 83.5 Å². The van der Waals surface area contributed by atoms with Crippen LogP contribution in [-0.2, 0) is 28.6 Å². The van der Waals surface area contributed by atoms with Crippen LogP contribution in [0.4, 0.5) is 0 Å². The fourth-order valence-corrected chi connectivity index (χ4v) is 9.96. The van der Waals surface area contributed by atoms with E-state index in [9.17, 15) is 14.4 Å². The molecule has 1 unspecified atom stereocenters. The predicted molar refractivity (Wildman–Crippen MR) is 335 cm³/mol. The molecule has 0 radical (unpaired) electrons. The fourth-order valence-electron chi connectivity index (χ4n) is 9.96. The van der Waals surface area contributed by atoms with Crippen molar-refractivity contribution in [3.63, 3.8) is 0 Å². The Morgan fingerprint density at radius 2 is 0.506 bits per heavy atom. The minimum atomic E-state index is -0.777. The number of hydrogen-bond donors (Lipinski definition) is 0. The first kappa shape index (κ1) is 74.1. The normalized spacial score (nSPS) is 12.4. The van der Waals surface area contributed by atoms with E-state index in [-0.39, 0.29) is 31.1 Å². The number of rotatable bonds is 62. The Morgan fingerprint density at radius 1 is 0.273 bits per heavy atom. The van der Waals surface area contributed by atoms with Crippen molar-refractivity contribution >= 4 is 17.9 Å². The summed E-state index contributed by atoms with van der Waals surface area (Å²) in [7, 11) is 0. The molecule has 0 aromatic heterocycles. The first-order chi connectivity index (χ1) is 38.0. The fraction of sp³-hybridized carbons (Fsp3) is 0.817. The third kappa shape index (κ3) is 63.8. The highest BCUT2D eigenvalue weighted by Gasteiger charge is 2.19. The zero-order chi connectivity index (χ0) is 55.7. The van der Waals surface area contributed by atoms with Crippen LogP contribution in [0.15, 0.2) is 60.8 Å². The van der Waals surface area contributed by atoms with Gasteiger partial charge in [0.2, 0.25) is 0 Å². The predicted octanol–water partition coefficient (Wildman–Crippen LogP) is 23.1. The van der Waals surface area contributed by atoms with Crippen LogP contribution in [-0.4, -0.2) is 37.2 Å². The van der Waals surface area contributed by atoms with Crippen LogP contribution in [0.2, 0.25) is 0 Å².